The predicted octanol–water partition coefficient (Wildman–Crippen LogP) is 3.79. The summed E-state index contributed by atoms with van der Waals surface area (Å²) in [6, 6.07) is 20.2. The molecule has 0 radical (unpaired) electrons. The third-order valence-corrected chi connectivity index (χ3v) is 6.87. The van der Waals surface area contributed by atoms with Crippen molar-refractivity contribution in [3.8, 4) is 17.2 Å². The highest BCUT2D eigenvalue weighted by atomic mass is 32.2. The van der Waals surface area contributed by atoms with Gasteiger partial charge in [0.2, 0.25) is 5.91 Å². The van der Waals surface area contributed by atoms with E-state index in [0.717, 1.165) is 15.6 Å². The SMILES string of the molecule is CCOc1ccc(N(CC(=O)NCCOc2ccc(OC)cc2)S(=O)(=O)c2ccc(C)cc2)cc1. The number of ether oxygens (including phenoxy) is 3. The molecule has 0 saturated heterocycles. The van der Waals surface area contributed by atoms with Crippen LogP contribution in [0.1, 0.15) is 12.5 Å². The molecule has 9 heteroatoms. The van der Waals surface area contributed by atoms with Crippen LogP contribution in [0.3, 0.4) is 0 Å². The molecule has 8 nitrogen and oxygen atoms in total. The fourth-order valence-corrected chi connectivity index (χ4v) is 4.67. The lowest BCUT2D eigenvalue weighted by atomic mass is 10.2. The average molecular weight is 499 g/mol. The Morgan fingerprint density at radius 3 is 2.03 bits per heavy atom. The molecule has 0 saturated carbocycles. The van der Waals surface area contributed by atoms with E-state index in [2.05, 4.69) is 5.32 Å². The lowest BCUT2D eigenvalue weighted by Crippen LogP contribution is -2.41. The van der Waals surface area contributed by atoms with Gasteiger partial charge in [-0.3, -0.25) is 9.10 Å². The molecule has 3 rings (SSSR count). The first kappa shape index (κ1) is 25.9. The van der Waals surface area contributed by atoms with Crippen molar-refractivity contribution in [1.29, 1.82) is 0 Å². The highest BCUT2D eigenvalue weighted by Crippen LogP contribution is 2.26. The molecular weight excluding hydrogens is 468 g/mol. The molecule has 3 aromatic carbocycles. The average Bonchev–Trinajstić information content (AvgIpc) is 2.86. The molecule has 3 aromatic rings. The van der Waals surface area contributed by atoms with Crippen LogP contribution in [0.2, 0.25) is 0 Å². The van der Waals surface area contributed by atoms with E-state index in [-0.39, 0.29) is 24.6 Å². The van der Waals surface area contributed by atoms with E-state index >= 15 is 0 Å². The fourth-order valence-electron chi connectivity index (χ4n) is 3.25. The molecule has 186 valence electrons. The maximum atomic E-state index is 13.4. The topological polar surface area (TPSA) is 94.2 Å². The number of hydrogen-bond donors (Lipinski definition) is 1. The summed E-state index contributed by atoms with van der Waals surface area (Å²) in [5.41, 5.74) is 1.30. The molecule has 35 heavy (non-hydrogen) atoms. The molecule has 0 heterocycles. The molecule has 0 aliphatic rings. The van der Waals surface area contributed by atoms with Crippen LogP contribution in [0.4, 0.5) is 5.69 Å². The van der Waals surface area contributed by atoms with E-state index in [9.17, 15) is 13.2 Å². The molecule has 0 fully saturated rings. The highest BCUT2D eigenvalue weighted by Gasteiger charge is 2.27. The summed E-state index contributed by atoms with van der Waals surface area (Å²) in [6.07, 6.45) is 0. The number of sulfonamides is 1. The summed E-state index contributed by atoms with van der Waals surface area (Å²) < 4.78 is 44.1. The second kappa shape index (κ2) is 12.1. The first-order valence-electron chi connectivity index (χ1n) is 11.2. The zero-order chi connectivity index (χ0) is 25.3. The number of nitrogens with zero attached hydrogens (tertiary/aromatic N) is 1. The van der Waals surface area contributed by atoms with Crippen molar-refractivity contribution in [3.05, 3.63) is 78.4 Å². The third-order valence-electron chi connectivity index (χ3n) is 5.08. The normalized spacial score (nSPS) is 10.9. The molecule has 0 unspecified atom stereocenters. The Kier molecular flexibility index (Phi) is 8.97. The lowest BCUT2D eigenvalue weighted by Gasteiger charge is -2.24. The number of methoxy groups -OCH3 is 1. The second-order valence-electron chi connectivity index (χ2n) is 7.63. The van der Waals surface area contributed by atoms with E-state index in [1.165, 1.54) is 12.1 Å². The van der Waals surface area contributed by atoms with Gasteiger partial charge in [0.15, 0.2) is 0 Å². The summed E-state index contributed by atoms with van der Waals surface area (Å²) in [7, 11) is -2.40. The van der Waals surface area contributed by atoms with E-state index in [4.69, 9.17) is 14.2 Å². The van der Waals surface area contributed by atoms with E-state index in [1.807, 2.05) is 13.8 Å². The molecule has 0 bridgehead atoms. The maximum absolute atomic E-state index is 13.4. The minimum atomic E-state index is -3.98. The number of anilines is 1. The Balaban J connectivity index is 1.69. The first-order chi connectivity index (χ1) is 16.8. The molecule has 0 aliphatic carbocycles. The number of aryl methyl sites for hydroxylation is 1. The lowest BCUT2D eigenvalue weighted by molar-refractivity contribution is -0.119. The standard InChI is InChI=1S/C26H30N2O6S/c1-4-33-23-9-7-21(8-10-23)28(35(30,31)25-15-5-20(2)6-16-25)19-26(29)27-17-18-34-24-13-11-22(32-3)12-14-24/h5-16H,4,17-19H2,1-3H3,(H,27,29). The fraction of sp³-hybridized carbons (Fsp3) is 0.269. The number of carbonyl (C=O) groups excluding carboxylic acids is 1. The Hall–Kier alpha value is -3.72. The molecule has 1 N–H and O–H groups in total. The van der Waals surface area contributed by atoms with Crippen LogP contribution in [-0.2, 0) is 14.8 Å². The van der Waals surface area contributed by atoms with Gasteiger partial charge >= 0.3 is 0 Å². The van der Waals surface area contributed by atoms with Crippen molar-refractivity contribution in [1.82, 2.24) is 5.32 Å². The monoisotopic (exact) mass is 498 g/mol. The maximum Gasteiger partial charge on any atom is 0.264 e. The minimum absolute atomic E-state index is 0.104. The van der Waals surface area contributed by atoms with Gasteiger partial charge in [-0.25, -0.2) is 8.42 Å². The zero-order valence-corrected chi connectivity index (χ0v) is 20.9. The smallest absolute Gasteiger partial charge is 0.264 e. The van der Waals surface area contributed by atoms with Crippen molar-refractivity contribution < 1.29 is 27.4 Å². The summed E-state index contributed by atoms with van der Waals surface area (Å²) in [6.45, 7) is 4.30. The van der Waals surface area contributed by atoms with Crippen molar-refractivity contribution in [2.24, 2.45) is 0 Å². The van der Waals surface area contributed by atoms with Gasteiger partial charge in [0.1, 0.15) is 30.4 Å². The largest absolute Gasteiger partial charge is 0.497 e. The van der Waals surface area contributed by atoms with Gasteiger partial charge in [0.05, 0.1) is 30.8 Å². The number of rotatable bonds is 12. The van der Waals surface area contributed by atoms with Crippen molar-refractivity contribution in [2.45, 2.75) is 18.7 Å². The molecule has 0 atom stereocenters. The van der Waals surface area contributed by atoms with E-state index in [0.29, 0.717) is 23.8 Å². The van der Waals surface area contributed by atoms with Crippen LogP contribution < -0.4 is 23.8 Å². The van der Waals surface area contributed by atoms with Gasteiger partial charge in [0, 0.05) is 0 Å². The first-order valence-corrected chi connectivity index (χ1v) is 12.6. The number of nitrogens with one attached hydrogen (secondary N) is 1. The Morgan fingerprint density at radius 1 is 0.857 bits per heavy atom. The quantitative estimate of drug-likeness (QED) is 0.382. The van der Waals surface area contributed by atoms with Crippen LogP contribution in [0.15, 0.2) is 77.7 Å². The number of amides is 1. The van der Waals surface area contributed by atoms with Gasteiger partial charge in [-0.1, -0.05) is 17.7 Å². The second-order valence-corrected chi connectivity index (χ2v) is 9.49. The molecular formula is C26H30N2O6S. The summed E-state index contributed by atoms with van der Waals surface area (Å²) in [5, 5.41) is 2.72. The Morgan fingerprint density at radius 2 is 1.43 bits per heavy atom. The van der Waals surface area contributed by atoms with E-state index < -0.39 is 15.9 Å². The van der Waals surface area contributed by atoms with Crippen molar-refractivity contribution >= 4 is 21.6 Å². The number of benzene rings is 3. The van der Waals surface area contributed by atoms with Gasteiger partial charge in [-0.15, -0.1) is 0 Å². The van der Waals surface area contributed by atoms with Gasteiger partial charge in [-0.2, -0.15) is 0 Å². The summed E-state index contributed by atoms with van der Waals surface area (Å²) in [4.78, 5) is 12.8. The minimum Gasteiger partial charge on any atom is -0.497 e. The Labute approximate surface area is 206 Å². The van der Waals surface area contributed by atoms with Crippen molar-refractivity contribution in [2.75, 3.05) is 37.7 Å². The Bertz CT molecular complexity index is 1190. The van der Waals surface area contributed by atoms with Crippen LogP contribution in [0.5, 0.6) is 17.2 Å². The predicted molar refractivity (Wildman–Crippen MR) is 135 cm³/mol. The highest BCUT2D eigenvalue weighted by molar-refractivity contribution is 7.92. The summed E-state index contributed by atoms with van der Waals surface area (Å²) >= 11 is 0. The van der Waals surface area contributed by atoms with Crippen LogP contribution in [-0.4, -0.2) is 47.7 Å². The van der Waals surface area contributed by atoms with Crippen LogP contribution >= 0.6 is 0 Å². The van der Waals surface area contributed by atoms with Crippen LogP contribution in [0, 0.1) is 6.92 Å². The number of hydrogen-bond acceptors (Lipinski definition) is 6. The third kappa shape index (κ3) is 7.13. The van der Waals surface area contributed by atoms with E-state index in [1.54, 1.807) is 67.8 Å². The van der Waals surface area contributed by atoms with Crippen molar-refractivity contribution in [3.63, 3.8) is 0 Å². The summed E-state index contributed by atoms with van der Waals surface area (Å²) in [5.74, 6) is 1.52. The van der Waals surface area contributed by atoms with Crippen LogP contribution in [0.25, 0.3) is 0 Å². The van der Waals surface area contributed by atoms with Gasteiger partial charge in [-0.05, 0) is 74.5 Å². The molecule has 0 spiro atoms. The zero-order valence-electron chi connectivity index (χ0n) is 20.1. The van der Waals surface area contributed by atoms with Gasteiger partial charge < -0.3 is 19.5 Å². The number of carbonyl (C=O) groups is 1. The molecule has 0 aliphatic heterocycles. The van der Waals surface area contributed by atoms with Gasteiger partial charge in [0.25, 0.3) is 10.0 Å². The molecule has 1 amide bonds. The molecule has 0 aromatic heterocycles.